The van der Waals surface area contributed by atoms with Crippen molar-refractivity contribution >= 4 is 17.5 Å². The van der Waals surface area contributed by atoms with Gasteiger partial charge in [0.05, 0.1) is 23.7 Å². The molecule has 100 valence electrons. The zero-order chi connectivity index (χ0) is 13.4. The van der Waals surface area contributed by atoms with Gasteiger partial charge in [0.25, 0.3) is 0 Å². The van der Waals surface area contributed by atoms with Gasteiger partial charge in [0, 0.05) is 6.20 Å². The van der Waals surface area contributed by atoms with Crippen molar-refractivity contribution in [3.05, 3.63) is 36.7 Å². The fourth-order valence-corrected chi connectivity index (χ4v) is 4.70. The van der Waals surface area contributed by atoms with Crippen molar-refractivity contribution < 1.29 is 9.59 Å². The molecule has 0 radical (unpaired) electrons. The summed E-state index contributed by atoms with van der Waals surface area (Å²) in [4.78, 5) is 30.9. The molecule has 0 aromatic carbocycles. The van der Waals surface area contributed by atoms with Gasteiger partial charge in [0.1, 0.15) is 0 Å². The zero-order valence-corrected chi connectivity index (χ0v) is 10.8. The van der Waals surface area contributed by atoms with Crippen molar-refractivity contribution in [1.82, 2.24) is 4.98 Å². The molecule has 2 amide bonds. The van der Waals surface area contributed by atoms with E-state index in [1.807, 2.05) is 0 Å². The lowest BCUT2D eigenvalue weighted by Gasteiger charge is -2.37. The number of rotatable bonds is 1. The van der Waals surface area contributed by atoms with Gasteiger partial charge in [-0.15, -0.1) is 0 Å². The Labute approximate surface area is 116 Å². The minimum absolute atomic E-state index is 0.0160. The number of anilines is 1. The highest BCUT2D eigenvalue weighted by Gasteiger charge is 2.67. The van der Waals surface area contributed by atoms with Crippen LogP contribution < -0.4 is 4.90 Å². The summed E-state index contributed by atoms with van der Waals surface area (Å²) in [7, 11) is 0. The second-order valence-corrected chi connectivity index (χ2v) is 6.38. The van der Waals surface area contributed by atoms with Crippen LogP contribution in [0.5, 0.6) is 0 Å². The molecule has 1 aromatic rings. The average Bonchev–Trinajstić information content (AvgIpc) is 3.25. The van der Waals surface area contributed by atoms with Gasteiger partial charge in [-0.1, -0.05) is 12.2 Å². The Morgan fingerprint density at radius 1 is 1.05 bits per heavy atom. The van der Waals surface area contributed by atoms with Crippen molar-refractivity contribution in [3.8, 4) is 0 Å². The van der Waals surface area contributed by atoms with E-state index in [4.69, 9.17) is 0 Å². The quantitative estimate of drug-likeness (QED) is 0.573. The van der Waals surface area contributed by atoms with Crippen LogP contribution in [0.2, 0.25) is 0 Å². The van der Waals surface area contributed by atoms with Crippen LogP contribution in [0.4, 0.5) is 5.69 Å². The fraction of sp³-hybridized carbons (Fsp3) is 0.438. The summed E-state index contributed by atoms with van der Waals surface area (Å²) in [5.74, 6) is 1.59. The number of pyridine rings is 1. The molecule has 5 aliphatic rings. The van der Waals surface area contributed by atoms with Crippen LogP contribution in [0, 0.1) is 35.5 Å². The molecule has 1 aromatic heterocycles. The molecule has 1 aliphatic heterocycles. The third-order valence-electron chi connectivity index (χ3n) is 5.57. The van der Waals surface area contributed by atoms with Crippen molar-refractivity contribution in [2.45, 2.75) is 6.42 Å². The van der Waals surface area contributed by atoms with E-state index in [9.17, 15) is 9.59 Å². The van der Waals surface area contributed by atoms with Gasteiger partial charge in [0.2, 0.25) is 11.8 Å². The van der Waals surface area contributed by atoms with Crippen LogP contribution in [0.1, 0.15) is 6.42 Å². The number of carbonyl (C=O) groups excluding carboxylic acids is 2. The normalized spacial score (nSPS) is 43.7. The van der Waals surface area contributed by atoms with E-state index in [2.05, 4.69) is 17.1 Å². The molecule has 0 unspecified atom stereocenters. The van der Waals surface area contributed by atoms with Crippen molar-refractivity contribution in [3.63, 3.8) is 0 Å². The molecule has 4 aliphatic carbocycles. The van der Waals surface area contributed by atoms with Crippen LogP contribution in [0.25, 0.3) is 0 Å². The van der Waals surface area contributed by atoms with Crippen molar-refractivity contribution in [2.24, 2.45) is 35.5 Å². The Morgan fingerprint density at radius 3 is 2.25 bits per heavy atom. The van der Waals surface area contributed by atoms with E-state index in [0.717, 1.165) is 0 Å². The lowest BCUT2D eigenvalue weighted by Crippen LogP contribution is -2.40. The summed E-state index contributed by atoms with van der Waals surface area (Å²) in [6.45, 7) is 0. The highest BCUT2D eigenvalue weighted by Crippen LogP contribution is 2.65. The van der Waals surface area contributed by atoms with E-state index < -0.39 is 0 Å². The first-order valence-corrected chi connectivity index (χ1v) is 7.23. The third kappa shape index (κ3) is 1.11. The molecule has 2 bridgehead atoms. The first-order valence-electron chi connectivity index (χ1n) is 7.23. The Balaban J connectivity index is 1.61. The molecule has 4 heteroatoms. The van der Waals surface area contributed by atoms with Crippen LogP contribution in [0.15, 0.2) is 36.7 Å². The molecule has 2 saturated carbocycles. The highest BCUT2D eigenvalue weighted by molar-refractivity contribution is 6.22. The summed E-state index contributed by atoms with van der Waals surface area (Å²) in [6, 6.07) is 3.55. The smallest absolute Gasteiger partial charge is 0.238 e. The standard InChI is InChI=1S/C16H14N2O2/c19-15-13-9-3-4-10(12-6-11(9)12)14(13)16(20)18(15)8-2-1-5-17-7-8/h1-5,7,9-14H,6H2/t9-,10-,11-,12-,13+,14+/m1/s1. The van der Waals surface area contributed by atoms with E-state index in [1.54, 1.807) is 24.5 Å². The fourth-order valence-electron chi connectivity index (χ4n) is 4.70. The number of aromatic nitrogens is 1. The number of hydrogen-bond acceptors (Lipinski definition) is 3. The third-order valence-corrected chi connectivity index (χ3v) is 5.57. The van der Waals surface area contributed by atoms with Gasteiger partial charge in [-0.25, -0.2) is 4.90 Å². The maximum atomic E-state index is 12.7. The van der Waals surface area contributed by atoms with Gasteiger partial charge in [-0.2, -0.15) is 0 Å². The van der Waals surface area contributed by atoms with Gasteiger partial charge in [0.15, 0.2) is 0 Å². The molecule has 20 heavy (non-hydrogen) atoms. The van der Waals surface area contributed by atoms with Gasteiger partial charge in [-0.05, 0) is 42.2 Å². The molecular weight excluding hydrogens is 252 g/mol. The number of allylic oxidation sites excluding steroid dienone is 2. The summed E-state index contributed by atoms with van der Waals surface area (Å²) >= 11 is 0. The lowest BCUT2D eigenvalue weighted by molar-refractivity contribution is -0.124. The van der Waals surface area contributed by atoms with Gasteiger partial charge >= 0.3 is 0 Å². The predicted molar refractivity (Wildman–Crippen MR) is 71.4 cm³/mol. The molecule has 6 atom stereocenters. The first kappa shape index (κ1) is 10.8. The average molecular weight is 266 g/mol. The maximum Gasteiger partial charge on any atom is 0.238 e. The molecule has 2 heterocycles. The number of hydrogen-bond donors (Lipinski definition) is 0. The molecular formula is C16H14N2O2. The molecule has 3 fully saturated rings. The minimum atomic E-state index is -0.124. The van der Waals surface area contributed by atoms with E-state index in [1.165, 1.54) is 11.3 Å². The van der Waals surface area contributed by atoms with Crippen LogP contribution in [0.3, 0.4) is 0 Å². The van der Waals surface area contributed by atoms with Gasteiger partial charge in [-0.3, -0.25) is 14.6 Å². The Bertz CT molecular complexity index is 618. The first-order chi connectivity index (χ1) is 9.77. The predicted octanol–water partition coefficient (Wildman–Crippen LogP) is 1.64. The number of nitrogens with zero attached hydrogens (tertiary/aromatic N) is 2. The topological polar surface area (TPSA) is 50.3 Å². The van der Waals surface area contributed by atoms with Crippen LogP contribution in [-0.4, -0.2) is 16.8 Å². The van der Waals surface area contributed by atoms with E-state index >= 15 is 0 Å². The number of carbonyl (C=O) groups is 2. The second-order valence-electron chi connectivity index (χ2n) is 6.38. The maximum absolute atomic E-state index is 12.7. The largest absolute Gasteiger partial charge is 0.274 e. The Hall–Kier alpha value is -1.97. The van der Waals surface area contributed by atoms with Crippen LogP contribution in [-0.2, 0) is 9.59 Å². The Kier molecular flexibility index (Phi) is 1.82. The van der Waals surface area contributed by atoms with Crippen molar-refractivity contribution in [2.75, 3.05) is 4.90 Å². The summed E-state index contributed by atoms with van der Waals surface area (Å²) in [5, 5.41) is 0. The van der Waals surface area contributed by atoms with Crippen molar-refractivity contribution in [1.29, 1.82) is 0 Å². The second kappa shape index (κ2) is 3.37. The SMILES string of the molecule is O=C1[C@H]2[C@@H]3C=C[C@H]([C@H]4C[C@H]34)[C@@H]2C(=O)N1c1cccnc1. The summed E-state index contributed by atoms with van der Waals surface area (Å²) in [6.07, 6.45) is 8.84. The Morgan fingerprint density at radius 2 is 1.70 bits per heavy atom. The molecule has 4 nitrogen and oxygen atoms in total. The monoisotopic (exact) mass is 266 g/mol. The highest BCUT2D eigenvalue weighted by atomic mass is 16.2. The number of amides is 2. The zero-order valence-electron chi connectivity index (χ0n) is 10.8. The molecule has 0 spiro atoms. The lowest BCUT2D eigenvalue weighted by atomic mass is 9.63. The minimum Gasteiger partial charge on any atom is -0.274 e. The molecule has 0 N–H and O–H groups in total. The van der Waals surface area contributed by atoms with Gasteiger partial charge < -0.3 is 0 Å². The molecule has 1 saturated heterocycles. The van der Waals surface area contributed by atoms with Crippen LogP contribution >= 0.6 is 0 Å². The van der Waals surface area contributed by atoms with E-state index in [0.29, 0.717) is 17.5 Å². The van der Waals surface area contributed by atoms with E-state index in [-0.39, 0.29) is 35.5 Å². The number of imide groups is 1. The molecule has 6 rings (SSSR count). The summed E-state index contributed by atoms with van der Waals surface area (Å²) < 4.78 is 0. The summed E-state index contributed by atoms with van der Waals surface area (Å²) in [5.41, 5.74) is 0.616.